The number of anilines is 3. The molecule has 0 radical (unpaired) electrons. The lowest BCUT2D eigenvalue weighted by molar-refractivity contribution is -0.116. The highest BCUT2D eigenvalue weighted by Crippen LogP contribution is 2.29. The first kappa shape index (κ1) is 19.1. The molecule has 0 unspecified atom stereocenters. The van der Waals surface area contributed by atoms with Crippen LogP contribution < -0.4 is 25.4 Å². The average molecular weight is 357 g/mol. The first-order valence-electron chi connectivity index (χ1n) is 8.10. The van der Waals surface area contributed by atoms with Gasteiger partial charge in [-0.25, -0.2) is 0 Å². The smallest absolute Gasteiger partial charge is 0.246 e. The van der Waals surface area contributed by atoms with Gasteiger partial charge in [-0.3, -0.25) is 9.59 Å². The van der Waals surface area contributed by atoms with Crippen LogP contribution in [-0.2, 0) is 9.59 Å². The molecule has 0 aliphatic rings. The van der Waals surface area contributed by atoms with Crippen molar-refractivity contribution in [1.29, 1.82) is 0 Å². The van der Waals surface area contributed by atoms with Crippen LogP contribution in [-0.4, -0.2) is 32.1 Å². The second-order valence-electron chi connectivity index (χ2n) is 5.65. The number of nitrogens with one attached hydrogen (secondary N) is 3. The topological polar surface area (TPSA) is 88.7 Å². The van der Waals surface area contributed by atoms with Crippen LogP contribution in [0.3, 0.4) is 0 Å². The molecule has 3 N–H and O–H groups in total. The van der Waals surface area contributed by atoms with E-state index in [-0.39, 0.29) is 11.8 Å². The van der Waals surface area contributed by atoms with Gasteiger partial charge in [0, 0.05) is 12.6 Å². The molecule has 0 fully saturated rings. The Morgan fingerprint density at radius 1 is 0.923 bits per heavy atom. The van der Waals surface area contributed by atoms with Gasteiger partial charge in [-0.2, -0.15) is 0 Å². The number of benzene rings is 2. The third-order valence-corrected chi connectivity index (χ3v) is 3.65. The van der Waals surface area contributed by atoms with Crippen LogP contribution in [0.15, 0.2) is 42.5 Å². The molecular formula is C19H23N3O4. The van der Waals surface area contributed by atoms with E-state index in [1.165, 1.54) is 14.0 Å². The zero-order valence-corrected chi connectivity index (χ0v) is 15.3. The van der Waals surface area contributed by atoms with E-state index in [4.69, 9.17) is 9.47 Å². The van der Waals surface area contributed by atoms with E-state index in [0.29, 0.717) is 28.6 Å². The zero-order chi connectivity index (χ0) is 19.1. The van der Waals surface area contributed by atoms with Gasteiger partial charge in [0.25, 0.3) is 0 Å². The van der Waals surface area contributed by atoms with Gasteiger partial charge in [0.1, 0.15) is 17.5 Å². The van der Waals surface area contributed by atoms with E-state index in [1.807, 2.05) is 12.1 Å². The van der Waals surface area contributed by atoms with E-state index in [0.717, 1.165) is 0 Å². The first-order chi connectivity index (χ1) is 12.4. The summed E-state index contributed by atoms with van der Waals surface area (Å²) in [7, 11) is 3.09. The Bertz CT molecular complexity index is 792. The minimum absolute atomic E-state index is 0.178. The molecule has 0 bridgehead atoms. The van der Waals surface area contributed by atoms with Crippen LogP contribution in [0, 0.1) is 0 Å². The van der Waals surface area contributed by atoms with Gasteiger partial charge in [-0.1, -0.05) is 12.1 Å². The van der Waals surface area contributed by atoms with Crippen molar-refractivity contribution in [1.82, 2.24) is 0 Å². The van der Waals surface area contributed by atoms with Gasteiger partial charge in [-0.15, -0.1) is 0 Å². The molecule has 0 aliphatic carbocycles. The summed E-state index contributed by atoms with van der Waals surface area (Å²) in [6.45, 7) is 3.16. The molecule has 0 heterocycles. The Kier molecular flexibility index (Phi) is 6.43. The SMILES string of the molecule is COc1ccccc1NC(=O)[C@@H](C)Nc1cc(NC(C)=O)ccc1OC. The Hall–Kier alpha value is -3.22. The zero-order valence-electron chi connectivity index (χ0n) is 15.3. The van der Waals surface area contributed by atoms with Crippen LogP contribution in [0.5, 0.6) is 11.5 Å². The maximum Gasteiger partial charge on any atom is 0.246 e. The van der Waals surface area contributed by atoms with Gasteiger partial charge in [0.2, 0.25) is 11.8 Å². The molecule has 2 amide bonds. The third kappa shape index (κ3) is 4.89. The lowest BCUT2D eigenvalue weighted by Crippen LogP contribution is -2.32. The second-order valence-corrected chi connectivity index (χ2v) is 5.65. The Balaban J connectivity index is 2.13. The van der Waals surface area contributed by atoms with Crippen LogP contribution >= 0.6 is 0 Å². The van der Waals surface area contributed by atoms with Crippen molar-refractivity contribution in [2.45, 2.75) is 19.9 Å². The minimum Gasteiger partial charge on any atom is -0.495 e. The third-order valence-electron chi connectivity index (χ3n) is 3.65. The van der Waals surface area contributed by atoms with Crippen LogP contribution in [0.2, 0.25) is 0 Å². The molecule has 0 aliphatic heterocycles. The fourth-order valence-corrected chi connectivity index (χ4v) is 2.39. The fraction of sp³-hybridized carbons (Fsp3) is 0.263. The molecule has 7 nitrogen and oxygen atoms in total. The summed E-state index contributed by atoms with van der Waals surface area (Å²) in [5.74, 6) is 0.735. The van der Waals surface area contributed by atoms with Crippen LogP contribution in [0.25, 0.3) is 0 Å². The number of amides is 2. The molecule has 2 aromatic rings. The van der Waals surface area contributed by atoms with E-state index >= 15 is 0 Å². The minimum atomic E-state index is -0.554. The van der Waals surface area contributed by atoms with Gasteiger partial charge in [0.15, 0.2) is 0 Å². The molecule has 0 saturated carbocycles. The molecule has 2 rings (SSSR count). The predicted octanol–water partition coefficient (Wildman–Crippen LogP) is 3.10. The van der Waals surface area contributed by atoms with E-state index < -0.39 is 6.04 Å². The summed E-state index contributed by atoms with van der Waals surface area (Å²) < 4.78 is 10.6. The molecule has 1 atom stereocenters. The molecule has 0 aromatic heterocycles. The summed E-state index contributed by atoms with van der Waals surface area (Å²) >= 11 is 0. The van der Waals surface area contributed by atoms with Crippen molar-refractivity contribution in [3.8, 4) is 11.5 Å². The molecular weight excluding hydrogens is 334 g/mol. The van der Waals surface area contributed by atoms with Gasteiger partial charge < -0.3 is 25.4 Å². The molecule has 26 heavy (non-hydrogen) atoms. The lowest BCUT2D eigenvalue weighted by Gasteiger charge is -2.19. The predicted molar refractivity (Wildman–Crippen MR) is 102 cm³/mol. The Labute approximate surface area is 152 Å². The quantitative estimate of drug-likeness (QED) is 0.709. The second kappa shape index (κ2) is 8.75. The fourth-order valence-electron chi connectivity index (χ4n) is 2.39. The number of hydrogen-bond acceptors (Lipinski definition) is 5. The van der Waals surface area contributed by atoms with Crippen molar-refractivity contribution in [2.24, 2.45) is 0 Å². The number of methoxy groups -OCH3 is 2. The number of rotatable bonds is 7. The summed E-state index contributed by atoms with van der Waals surface area (Å²) in [5, 5.41) is 8.63. The summed E-state index contributed by atoms with van der Waals surface area (Å²) in [5.41, 5.74) is 1.80. The Morgan fingerprint density at radius 3 is 2.23 bits per heavy atom. The number of carbonyl (C=O) groups is 2. The number of hydrogen-bond donors (Lipinski definition) is 3. The molecule has 138 valence electrons. The highest BCUT2D eigenvalue weighted by molar-refractivity contribution is 5.98. The van der Waals surface area contributed by atoms with Crippen LogP contribution in [0.1, 0.15) is 13.8 Å². The Morgan fingerprint density at radius 2 is 1.58 bits per heavy atom. The van der Waals surface area contributed by atoms with Crippen molar-refractivity contribution in [3.63, 3.8) is 0 Å². The highest BCUT2D eigenvalue weighted by atomic mass is 16.5. The first-order valence-corrected chi connectivity index (χ1v) is 8.10. The van der Waals surface area contributed by atoms with Crippen molar-refractivity contribution in [3.05, 3.63) is 42.5 Å². The summed E-state index contributed by atoms with van der Waals surface area (Å²) in [6.07, 6.45) is 0. The van der Waals surface area contributed by atoms with Crippen molar-refractivity contribution in [2.75, 3.05) is 30.2 Å². The average Bonchev–Trinajstić information content (AvgIpc) is 2.61. The lowest BCUT2D eigenvalue weighted by atomic mass is 10.2. The molecule has 2 aromatic carbocycles. The molecule has 0 spiro atoms. The highest BCUT2D eigenvalue weighted by Gasteiger charge is 2.17. The number of para-hydroxylation sites is 2. The van der Waals surface area contributed by atoms with Gasteiger partial charge in [-0.05, 0) is 37.3 Å². The van der Waals surface area contributed by atoms with Crippen molar-refractivity contribution < 1.29 is 19.1 Å². The summed E-state index contributed by atoms with van der Waals surface area (Å²) in [4.78, 5) is 23.7. The monoisotopic (exact) mass is 357 g/mol. The maximum absolute atomic E-state index is 12.5. The number of carbonyl (C=O) groups excluding carboxylic acids is 2. The van der Waals surface area contributed by atoms with E-state index in [2.05, 4.69) is 16.0 Å². The van der Waals surface area contributed by atoms with Gasteiger partial charge >= 0.3 is 0 Å². The normalized spacial score (nSPS) is 11.2. The number of ether oxygens (including phenoxy) is 2. The molecule has 0 saturated heterocycles. The van der Waals surface area contributed by atoms with E-state index in [1.54, 1.807) is 44.4 Å². The van der Waals surface area contributed by atoms with Gasteiger partial charge in [0.05, 0.1) is 25.6 Å². The largest absolute Gasteiger partial charge is 0.495 e. The van der Waals surface area contributed by atoms with Crippen molar-refractivity contribution >= 4 is 28.9 Å². The standard InChI is InChI=1S/C19H23N3O4/c1-12(19(24)22-15-7-5-6-8-17(15)25-3)20-16-11-14(21-13(2)23)9-10-18(16)26-4/h5-12,20H,1-4H3,(H,21,23)(H,22,24)/t12-/m1/s1. The maximum atomic E-state index is 12.5. The summed E-state index contributed by atoms with van der Waals surface area (Å²) in [6, 6.07) is 11.8. The van der Waals surface area contributed by atoms with Crippen LogP contribution in [0.4, 0.5) is 17.1 Å². The molecule has 7 heteroatoms. The van der Waals surface area contributed by atoms with E-state index in [9.17, 15) is 9.59 Å².